The molecule has 0 N–H and O–H groups in total. The zero-order valence-electron chi connectivity index (χ0n) is 11.6. The van der Waals surface area contributed by atoms with Crippen molar-refractivity contribution in [1.29, 1.82) is 0 Å². The van der Waals surface area contributed by atoms with E-state index in [1.807, 2.05) is 0 Å². The van der Waals surface area contributed by atoms with Crippen molar-refractivity contribution < 1.29 is 13.2 Å². The first-order chi connectivity index (χ1) is 11.4. The van der Waals surface area contributed by atoms with E-state index < -0.39 is 25.2 Å². The Bertz CT molecular complexity index is 935. The fourth-order valence-corrected chi connectivity index (χ4v) is 4.90. The van der Waals surface area contributed by atoms with Crippen LogP contribution >= 0.6 is 33.3 Å². The first kappa shape index (κ1) is 16.7. The van der Waals surface area contributed by atoms with Crippen molar-refractivity contribution >= 4 is 53.4 Å². The number of imidazole rings is 1. The molecule has 1 aliphatic rings. The van der Waals surface area contributed by atoms with E-state index in [1.165, 1.54) is 0 Å². The molecule has 0 spiro atoms. The minimum atomic E-state index is -4.46. The Morgan fingerprint density at radius 3 is 2.62 bits per heavy atom. The summed E-state index contributed by atoms with van der Waals surface area (Å²) in [4.78, 5) is 5.24. The summed E-state index contributed by atoms with van der Waals surface area (Å²) in [6.07, 6.45) is -0.824. The van der Waals surface area contributed by atoms with Crippen LogP contribution in [0.5, 0.6) is 0 Å². The molecule has 3 aromatic rings. The van der Waals surface area contributed by atoms with E-state index in [9.17, 15) is 13.2 Å². The summed E-state index contributed by atoms with van der Waals surface area (Å²) in [7, 11) is 6.79. The SMILES string of the molecule is FC(F)(F)c1nnc(-c2c(C3CC3)nc3c(Cl)cc(SCl)cn23)[se]1. The standard InChI is InChI=1S/C13H7Cl2F3N4SSe/c14-7-3-6(23-15)4-22-9(8(5-1-2-5)19-10(7)22)11-20-21-12(24-11)13(16,17)18/h3-5H,1-2H2. The van der Waals surface area contributed by atoms with Gasteiger partial charge >= 0.3 is 154 Å². The molecule has 0 unspecified atom stereocenters. The second-order valence-corrected chi connectivity index (χ2v) is 8.87. The van der Waals surface area contributed by atoms with Crippen LogP contribution in [-0.4, -0.2) is 34.1 Å². The van der Waals surface area contributed by atoms with Gasteiger partial charge in [0.1, 0.15) is 0 Å². The topological polar surface area (TPSA) is 43.1 Å². The van der Waals surface area contributed by atoms with Gasteiger partial charge in [0.2, 0.25) is 0 Å². The number of pyridine rings is 1. The number of hydrogen-bond acceptors (Lipinski definition) is 4. The van der Waals surface area contributed by atoms with Crippen LogP contribution in [0.1, 0.15) is 29.0 Å². The van der Waals surface area contributed by atoms with Gasteiger partial charge < -0.3 is 0 Å². The van der Waals surface area contributed by atoms with Gasteiger partial charge in [-0.25, -0.2) is 0 Å². The van der Waals surface area contributed by atoms with Gasteiger partial charge in [-0.3, -0.25) is 0 Å². The fraction of sp³-hybridized carbons (Fsp3) is 0.308. The van der Waals surface area contributed by atoms with Crippen LogP contribution in [0.3, 0.4) is 0 Å². The maximum absolute atomic E-state index is 12.9. The monoisotopic (exact) mass is 458 g/mol. The van der Waals surface area contributed by atoms with E-state index >= 15 is 0 Å². The van der Waals surface area contributed by atoms with Crippen molar-refractivity contribution in [1.82, 2.24) is 19.6 Å². The molecule has 0 aromatic carbocycles. The minimum absolute atomic E-state index is 0.233. The summed E-state index contributed by atoms with van der Waals surface area (Å²) < 4.78 is 39.8. The molecule has 0 amide bonds. The van der Waals surface area contributed by atoms with Crippen molar-refractivity contribution in [2.24, 2.45) is 0 Å². The molecule has 0 radical (unpaired) electrons. The van der Waals surface area contributed by atoms with Crippen LogP contribution in [0.15, 0.2) is 17.2 Å². The van der Waals surface area contributed by atoms with Crippen molar-refractivity contribution in [3.05, 3.63) is 27.5 Å². The van der Waals surface area contributed by atoms with Crippen molar-refractivity contribution in [3.63, 3.8) is 0 Å². The molecule has 11 heteroatoms. The zero-order valence-corrected chi connectivity index (χ0v) is 15.7. The van der Waals surface area contributed by atoms with Crippen LogP contribution < -0.4 is 0 Å². The van der Waals surface area contributed by atoms with Crippen LogP contribution in [-0.2, 0) is 6.18 Å². The second kappa shape index (κ2) is 5.92. The molecular formula is C13H7Cl2F3N4SSe. The predicted molar refractivity (Wildman–Crippen MR) is 86.9 cm³/mol. The van der Waals surface area contributed by atoms with Gasteiger partial charge in [-0.05, 0) is 0 Å². The summed E-state index contributed by atoms with van der Waals surface area (Å²) in [5.74, 6) is 0.233. The Hall–Kier alpha value is -0.731. The van der Waals surface area contributed by atoms with Gasteiger partial charge in [0.25, 0.3) is 0 Å². The fourth-order valence-electron chi connectivity index (χ4n) is 2.43. The van der Waals surface area contributed by atoms with Crippen LogP contribution in [0.4, 0.5) is 13.2 Å². The molecule has 0 bridgehead atoms. The summed E-state index contributed by atoms with van der Waals surface area (Å²) in [5.41, 5.74) is 1.82. The average molecular weight is 458 g/mol. The summed E-state index contributed by atoms with van der Waals surface area (Å²) in [6, 6.07) is 1.68. The van der Waals surface area contributed by atoms with Gasteiger partial charge in [0, 0.05) is 0 Å². The van der Waals surface area contributed by atoms with Gasteiger partial charge in [0.05, 0.1) is 0 Å². The molecule has 3 aromatic heterocycles. The number of hydrogen-bond donors (Lipinski definition) is 0. The Morgan fingerprint density at radius 2 is 2.04 bits per heavy atom. The Balaban J connectivity index is 1.97. The number of fused-ring (bicyclic) bond motifs is 1. The predicted octanol–water partition coefficient (Wildman–Crippen LogP) is 4.64. The zero-order chi connectivity index (χ0) is 17.1. The van der Waals surface area contributed by atoms with E-state index in [4.69, 9.17) is 22.3 Å². The van der Waals surface area contributed by atoms with Crippen molar-refractivity contribution in [2.45, 2.75) is 29.8 Å². The Labute approximate surface area is 153 Å². The quantitative estimate of drug-likeness (QED) is 0.537. The third-order valence-electron chi connectivity index (χ3n) is 3.60. The molecule has 3 heterocycles. The van der Waals surface area contributed by atoms with E-state index in [0.29, 0.717) is 25.8 Å². The molecule has 1 fully saturated rings. The van der Waals surface area contributed by atoms with Crippen molar-refractivity contribution in [3.8, 4) is 10.3 Å². The van der Waals surface area contributed by atoms with Gasteiger partial charge in [-0.1, -0.05) is 0 Å². The molecule has 1 saturated carbocycles. The second-order valence-electron chi connectivity index (χ2n) is 5.32. The number of aromatic nitrogens is 4. The Kier molecular flexibility index (Phi) is 4.12. The molecule has 4 rings (SSSR count). The van der Waals surface area contributed by atoms with Gasteiger partial charge in [-0.15, -0.1) is 0 Å². The number of rotatable bonds is 3. The molecular weight excluding hydrogens is 451 g/mol. The molecule has 0 atom stereocenters. The molecule has 24 heavy (non-hydrogen) atoms. The molecule has 0 aliphatic heterocycles. The molecule has 4 nitrogen and oxygen atoms in total. The Morgan fingerprint density at radius 1 is 1.29 bits per heavy atom. The molecule has 1 aliphatic carbocycles. The normalized spacial score (nSPS) is 15.4. The summed E-state index contributed by atoms with van der Waals surface area (Å²) in [6.45, 7) is 0. The van der Waals surface area contributed by atoms with E-state index in [0.717, 1.165) is 29.5 Å². The first-order valence-corrected chi connectivity index (χ1v) is 10.5. The number of halogens is 5. The third-order valence-corrected chi connectivity index (χ3v) is 6.86. The van der Waals surface area contributed by atoms with Crippen molar-refractivity contribution in [2.75, 3.05) is 0 Å². The van der Waals surface area contributed by atoms with Crippen LogP contribution in [0.25, 0.3) is 15.9 Å². The molecule has 0 saturated heterocycles. The van der Waals surface area contributed by atoms with Crippen LogP contribution in [0.2, 0.25) is 5.02 Å². The molecule has 126 valence electrons. The van der Waals surface area contributed by atoms with Gasteiger partial charge in [0.15, 0.2) is 0 Å². The third kappa shape index (κ3) is 2.86. The first-order valence-electron chi connectivity index (χ1n) is 6.79. The summed E-state index contributed by atoms with van der Waals surface area (Å²) in [5, 5.41) is 7.54. The van der Waals surface area contributed by atoms with Gasteiger partial charge in [-0.2, -0.15) is 0 Å². The van der Waals surface area contributed by atoms with Crippen LogP contribution in [0, 0.1) is 0 Å². The van der Waals surface area contributed by atoms with E-state index in [-0.39, 0.29) is 5.92 Å². The number of nitrogens with zero attached hydrogens (tertiary/aromatic N) is 4. The van der Waals surface area contributed by atoms with E-state index in [2.05, 4.69) is 15.2 Å². The number of alkyl halides is 3. The summed E-state index contributed by atoms with van der Waals surface area (Å²) >= 11 is 5.24. The average Bonchev–Trinajstić information content (AvgIpc) is 3.10. The maximum atomic E-state index is 12.9. The van der Waals surface area contributed by atoms with E-state index in [1.54, 1.807) is 16.7 Å².